The summed E-state index contributed by atoms with van der Waals surface area (Å²) in [5, 5.41) is 0. The minimum Gasteiger partial charge on any atom is -0.321 e. The van der Waals surface area contributed by atoms with Crippen LogP contribution in [0, 0.1) is 0 Å². The molecule has 0 aromatic rings. The average molecular weight is 171 g/mol. The van der Waals surface area contributed by atoms with Gasteiger partial charge in [0, 0.05) is 13.3 Å². The molecule has 1 unspecified atom stereocenters. The predicted molar refractivity (Wildman–Crippen MR) is 40.2 cm³/mol. The van der Waals surface area contributed by atoms with Gasteiger partial charge in [0.2, 0.25) is 0 Å². The SMILES string of the molecule is CCCCP(=O)(Cl)OC. The maximum Gasteiger partial charge on any atom is 0.289 e. The van der Waals surface area contributed by atoms with Crippen molar-refractivity contribution >= 4 is 18.0 Å². The van der Waals surface area contributed by atoms with Crippen LogP contribution in [0.3, 0.4) is 0 Å². The Morgan fingerprint density at radius 1 is 1.67 bits per heavy atom. The molecule has 0 saturated carbocycles. The van der Waals surface area contributed by atoms with Crippen LogP contribution < -0.4 is 0 Å². The third kappa shape index (κ3) is 4.95. The lowest BCUT2D eigenvalue weighted by Crippen LogP contribution is -1.84. The Labute approximate surface area is 60.8 Å². The van der Waals surface area contributed by atoms with E-state index in [1.165, 1.54) is 7.11 Å². The Bertz CT molecular complexity index is 116. The zero-order valence-electron chi connectivity index (χ0n) is 5.76. The lowest BCUT2D eigenvalue weighted by atomic mass is 10.4. The average Bonchev–Trinajstić information content (AvgIpc) is 1.84. The first kappa shape index (κ1) is 9.48. The molecule has 56 valence electrons. The lowest BCUT2D eigenvalue weighted by molar-refractivity contribution is 0.407. The summed E-state index contributed by atoms with van der Waals surface area (Å²) in [5.41, 5.74) is 0. The monoisotopic (exact) mass is 170 g/mol. The van der Waals surface area contributed by atoms with Gasteiger partial charge < -0.3 is 4.52 Å². The summed E-state index contributed by atoms with van der Waals surface area (Å²) in [5.74, 6) is 0. The van der Waals surface area contributed by atoms with Crippen molar-refractivity contribution < 1.29 is 9.09 Å². The van der Waals surface area contributed by atoms with Crippen LogP contribution in [0.2, 0.25) is 0 Å². The van der Waals surface area contributed by atoms with Crippen LogP contribution in [-0.2, 0) is 9.09 Å². The molecular formula is C5H12ClO2P. The Morgan fingerprint density at radius 2 is 2.22 bits per heavy atom. The topological polar surface area (TPSA) is 26.3 Å². The largest absolute Gasteiger partial charge is 0.321 e. The molecule has 0 bridgehead atoms. The van der Waals surface area contributed by atoms with Crippen molar-refractivity contribution in [3.63, 3.8) is 0 Å². The molecular weight excluding hydrogens is 158 g/mol. The van der Waals surface area contributed by atoms with Crippen LogP contribution in [0.15, 0.2) is 0 Å². The van der Waals surface area contributed by atoms with E-state index in [4.69, 9.17) is 11.2 Å². The molecule has 4 heteroatoms. The van der Waals surface area contributed by atoms with E-state index in [1.807, 2.05) is 6.92 Å². The summed E-state index contributed by atoms with van der Waals surface area (Å²) in [7, 11) is 1.38. The Kier molecular flexibility index (Phi) is 4.55. The van der Waals surface area contributed by atoms with Gasteiger partial charge in [-0.25, -0.2) is 0 Å². The zero-order valence-corrected chi connectivity index (χ0v) is 7.41. The predicted octanol–water partition coefficient (Wildman–Crippen LogP) is 2.86. The van der Waals surface area contributed by atoms with Crippen LogP contribution in [0.25, 0.3) is 0 Å². The highest BCUT2D eigenvalue weighted by Gasteiger charge is 2.14. The normalized spacial score (nSPS) is 17.2. The molecule has 0 radical (unpaired) electrons. The van der Waals surface area contributed by atoms with Crippen LogP contribution in [0.1, 0.15) is 19.8 Å². The molecule has 9 heavy (non-hydrogen) atoms. The minimum absolute atomic E-state index is 0.488. The van der Waals surface area contributed by atoms with Crippen LogP contribution >= 0.6 is 18.0 Å². The van der Waals surface area contributed by atoms with Gasteiger partial charge in [-0.1, -0.05) is 13.3 Å². The van der Waals surface area contributed by atoms with Crippen LogP contribution in [0.5, 0.6) is 0 Å². The lowest BCUT2D eigenvalue weighted by Gasteiger charge is -2.04. The van der Waals surface area contributed by atoms with Crippen molar-refractivity contribution in [1.82, 2.24) is 0 Å². The highest BCUT2D eigenvalue weighted by atomic mass is 35.7. The highest BCUT2D eigenvalue weighted by molar-refractivity contribution is 7.85. The molecule has 0 aliphatic carbocycles. The molecule has 0 aliphatic rings. The van der Waals surface area contributed by atoms with Crippen molar-refractivity contribution in [2.75, 3.05) is 13.3 Å². The Balaban J connectivity index is 3.46. The van der Waals surface area contributed by atoms with Gasteiger partial charge in [-0.05, 0) is 17.7 Å². The van der Waals surface area contributed by atoms with Gasteiger partial charge in [-0.3, -0.25) is 4.57 Å². The highest BCUT2D eigenvalue weighted by Crippen LogP contribution is 2.51. The molecule has 0 aromatic carbocycles. The second-order valence-electron chi connectivity index (χ2n) is 1.85. The smallest absolute Gasteiger partial charge is 0.289 e. The Morgan fingerprint density at radius 3 is 2.56 bits per heavy atom. The van der Waals surface area contributed by atoms with E-state index >= 15 is 0 Å². The molecule has 0 heterocycles. The molecule has 0 spiro atoms. The molecule has 0 saturated heterocycles. The van der Waals surface area contributed by atoms with Gasteiger partial charge in [0.1, 0.15) is 0 Å². The van der Waals surface area contributed by atoms with Crippen LogP contribution in [0.4, 0.5) is 0 Å². The van der Waals surface area contributed by atoms with Gasteiger partial charge in [-0.15, -0.1) is 0 Å². The summed E-state index contributed by atoms with van der Waals surface area (Å²) in [4.78, 5) is 0. The fraction of sp³-hybridized carbons (Fsp3) is 1.00. The quantitative estimate of drug-likeness (QED) is 0.607. The van der Waals surface area contributed by atoms with Gasteiger partial charge >= 0.3 is 0 Å². The summed E-state index contributed by atoms with van der Waals surface area (Å²) >= 11 is 5.43. The second-order valence-corrected chi connectivity index (χ2v) is 5.39. The number of hydrogen-bond acceptors (Lipinski definition) is 2. The number of hydrogen-bond donors (Lipinski definition) is 0. The van der Waals surface area contributed by atoms with E-state index in [2.05, 4.69) is 4.52 Å². The second kappa shape index (κ2) is 4.32. The molecule has 0 aliphatic heterocycles. The molecule has 0 amide bonds. The van der Waals surface area contributed by atoms with E-state index in [0.29, 0.717) is 6.16 Å². The van der Waals surface area contributed by atoms with Crippen LogP contribution in [-0.4, -0.2) is 13.3 Å². The zero-order chi connectivity index (χ0) is 7.33. The molecule has 0 rings (SSSR count). The van der Waals surface area contributed by atoms with Crippen molar-refractivity contribution in [2.45, 2.75) is 19.8 Å². The summed E-state index contributed by atoms with van der Waals surface area (Å²) in [6.07, 6.45) is 2.36. The van der Waals surface area contributed by atoms with Gasteiger partial charge in [0.05, 0.1) is 0 Å². The number of halogens is 1. The minimum atomic E-state index is -2.72. The third-order valence-corrected chi connectivity index (χ3v) is 3.37. The maximum atomic E-state index is 10.9. The number of unbranched alkanes of at least 4 members (excludes halogenated alkanes) is 1. The summed E-state index contributed by atoms with van der Waals surface area (Å²) < 4.78 is 15.4. The van der Waals surface area contributed by atoms with Gasteiger partial charge in [0.25, 0.3) is 6.72 Å². The van der Waals surface area contributed by atoms with E-state index in [9.17, 15) is 4.57 Å². The van der Waals surface area contributed by atoms with Crippen molar-refractivity contribution in [2.24, 2.45) is 0 Å². The number of rotatable bonds is 4. The van der Waals surface area contributed by atoms with E-state index in [1.54, 1.807) is 0 Å². The molecule has 0 aromatic heterocycles. The standard InChI is InChI=1S/C5H12ClO2P/c1-3-4-5-9(6,7)8-2/h3-5H2,1-2H3. The van der Waals surface area contributed by atoms with E-state index < -0.39 is 6.72 Å². The van der Waals surface area contributed by atoms with Crippen molar-refractivity contribution in [3.8, 4) is 0 Å². The van der Waals surface area contributed by atoms with E-state index in [-0.39, 0.29) is 0 Å². The fourth-order valence-corrected chi connectivity index (χ4v) is 1.67. The van der Waals surface area contributed by atoms with Crippen molar-refractivity contribution in [1.29, 1.82) is 0 Å². The summed E-state index contributed by atoms with van der Waals surface area (Å²) in [6, 6.07) is 0. The molecule has 2 nitrogen and oxygen atoms in total. The molecule has 0 fully saturated rings. The maximum absolute atomic E-state index is 10.9. The first-order valence-corrected chi connectivity index (χ1v) is 5.68. The third-order valence-electron chi connectivity index (χ3n) is 1.05. The first-order chi connectivity index (χ1) is 4.12. The van der Waals surface area contributed by atoms with Gasteiger partial charge in [0.15, 0.2) is 0 Å². The van der Waals surface area contributed by atoms with Gasteiger partial charge in [-0.2, -0.15) is 0 Å². The Hall–Kier alpha value is 0.480. The molecule has 1 atom stereocenters. The van der Waals surface area contributed by atoms with E-state index in [0.717, 1.165) is 12.8 Å². The first-order valence-electron chi connectivity index (χ1n) is 2.97. The van der Waals surface area contributed by atoms with Crippen molar-refractivity contribution in [3.05, 3.63) is 0 Å². The summed E-state index contributed by atoms with van der Waals surface area (Å²) in [6.45, 7) is -0.697. The molecule has 0 N–H and O–H groups in total. The fourth-order valence-electron chi connectivity index (χ4n) is 0.438.